The minimum absolute atomic E-state index is 0.306. The minimum Gasteiger partial charge on any atom is -0.489 e. The second kappa shape index (κ2) is 6.33. The fourth-order valence-corrected chi connectivity index (χ4v) is 1.53. The molecule has 88 valence electrons. The third-order valence-electron chi connectivity index (χ3n) is 2.64. The van der Waals surface area contributed by atoms with Gasteiger partial charge in [0.15, 0.2) is 0 Å². The number of aryl methyl sites for hydroxylation is 1. The molecule has 0 fully saturated rings. The summed E-state index contributed by atoms with van der Waals surface area (Å²) in [7, 11) is 1.96. The second-order valence-corrected chi connectivity index (χ2v) is 3.93. The highest BCUT2D eigenvalue weighted by Crippen LogP contribution is 2.26. The van der Waals surface area contributed by atoms with Crippen LogP contribution in [0, 0.1) is 6.92 Å². The summed E-state index contributed by atoms with van der Waals surface area (Å²) in [4.78, 5) is 0. The fourth-order valence-electron chi connectivity index (χ4n) is 1.53. The molecule has 0 aliphatic heterocycles. The monoisotopic (exact) mass is 219 g/mol. The van der Waals surface area contributed by atoms with Crippen molar-refractivity contribution in [3.8, 4) is 5.75 Å². The van der Waals surface area contributed by atoms with Crippen LogP contribution in [0.3, 0.4) is 0 Å². The lowest BCUT2D eigenvalue weighted by atomic mass is 10.0. The zero-order chi connectivity index (χ0) is 12.0. The van der Waals surface area contributed by atoms with E-state index >= 15 is 0 Å². The van der Waals surface area contributed by atoms with E-state index < -0.39 is 0 Å². The van der Waals surface area contributed by atoms with E-state index in [-0.39, 0.29) is 0 Å². The molecule has 1 aromatic carbocycles. The van der Waals surface area contributed by atoms with Crippen molar-refractivity contribution in [1.29, 1.82) is 0 Å². The summed E-state index contributed by atoms with van der Waals surface area (Å²) in [5.41, 5.74) is 2.47. The average molecular weight is 219 g/mol. The van der Waals surface area contributed by atoms with Crippen LogP contribution in [-0.4, -0.2) is 13.7 Å². The van der Waals surface area contributed by atoms with E-state index in [9.17, 15) is 0 Å². The molecular formula is C14H21NO. The zero-order valence-corrected chi connectivity index (χ0v) is 10.6. The average Bonchev–Trinajstić information content (AvgIpc) is 2.30. The summed E-state index contributed by atoms with van der Waals surface area (Å²) in [6.45, 7) is 6.86. The first kappa shape index (κ1) is 12.8. The van der Waals surface area contributed by atoms with Crippen LogP contribution in [0.1, 0.15) is 31.0 Å². The van der Waals surface area contributed by atoms with Gasteiger partial charge in [-0.3, -0.25) is 0 Å². The largest absolute Gasteiger partial charge is 0.489 e. The molecule has 0 saturated carbocycles. The lowest BCUT2D eigenvalue weighted by Crippen LogP contribution is -2.14. The van der Waals surface area contributed by atoms with Gasteiger partial charge in [0.2, 0.25) is 0 Å². The summed E-state index contributed by atoms with van der Waals surface area (Å²) in [5, 5.41) is 3.24. The molecule has 0 aliphatic rings. The van der Waals surface area contributed by atoms with Gasteiger partial charge in [0.05, 0.1) is 0 Å². The molecule has 0 bridgehead atoms. The van der Waals surface area contributed by atoms with Gasteiger partial charge >= 0.3 is 0 Å². The van der Waals surface area contributed by atoms with E-state index in [0.29, 0.717) is 12.6 Å². The smallest absolute Gasteiger partial charge is 0.124 e. The van der Waals surface area contributed by atoms with Crippen LogP contribution in [0.15, 0.2) is 30.4 Å². The Morgan fingerprint density at radius 1 is 1.44 bits per heavy atom. The van der Waals surface area contributed by atoms with E-state index in [1.807, 2.05) is 32.2 Å². The van der Waals surface area contributed by atoms with Crippen molar-refractivity contribution in [3.63, 3.8) is 0 Å². The summed E-state index contributed by atoms with van der Waals surface area (Å²) >= 11 is 0. The molecule has 1 atom stereocenters. The molecule has 0 heterocycles. The van der Waals surface area contributed by atoms with Gasteiger partial charge < -0.3 is 10.1 Å². The van der Waals surface area contributed by atoms with E-state index in [1.165, 1.54) is 11.1 Å². The molecule has 2 nitrogen and oxygen atoms in total. The number of hydrogen-bond acceptors (Lipinski definition) is 2. The van der Waals surface area contributed by atoms with Crippen LogP contribution < -0.4 is 10.1 Å². The lowest BCUT2D eigenvalue weighted by molar-refractivity contribution is 0.354. The Kier molecular flexibility index (Phi) is 5.06. The second-order valence-electron chi connectivity index (χ2n) is 3.93. The molecule has 0 amide bonds. The quantitative estimate of drug-likeness (QED) is 0.768. The molecule has 0 aliphatic carbocycles. The maximum Gasteiger partial charge on any atom is 0.124 e. The van der Waals surface area contributed by atoms with E-state index in [1.54, 1.807) is 0 Å². The Balaban J connectivity index is 2.88. The van der Waals surface area contributed by atoms with Crippen LogP contribution in [0.4, 0.5) is 0 Å². The van der Waals surface area contributed by atoms with Crippen molar-refractivity contribution in [2.45, 2.75) is 26.8 Å². The molecule has 1 N–H and O–H groups in total. The Hall–Kier alpha value is -1.28. The topological polar surface area (TPSA) is 21.3 Å². The SMILES string of the molecule is C/C=C/COc1ccc(C)cc1C(C)NC. The highest BCUT2D eigenvalue weighted by atomic mass is 16.5. The molecule has 1 unspecified atom stereocenters. The van der Waals surface area contributed by atoms with Crippen molar-refractivity contribution >= 4 is 0 Å². The third kappa shape index (κ3) is 3.38. The van der Waals surface area contributed by atoms with E-state index in [0.717, 1.165) is 5.75 Å². The van der Waals surface area contributed by atoms with Gasteiger partial charge in [-0.2, -0.15) is 0 Å². The number of ether oxygens (including phenoxy) is 1. The molecule has 0 radical (unpaired) electrons. The van der Waals surface area contributed by atoms with Gasteiger partial charge in [-0.1, -0.05) is 29.8 Å². The standard InChI is InChI=1S/C14H21NO/c1-5-6-9-16-14-8-7-11(2)10-13(14)12(3)15-4/h5-8,10,12,15H,9H2,1-4H3/b6-5+. The number of rotatable bonds is 5. The molecule has 1 aromatic rings. The molecule has 0 spiro atoms. The Bertz CT molecular complexity index is 358. The number of benzene rings is 1. The molecule has 1 rings (SSSR count). The van der Waals surface area contributed by atoms with Gasteiger partial charge in [-0.15, -0.1) is 0 Å². The summed E-state index contributed by atoms with van der Waals surface area (Å²) < 4.78 is 5.73. The highest BCUT2D eigenvalue weighted by Gasteiger charge is 2.09. The van der Waals surface area contributed by atoms with Crippen LogP contribution in [-0.2, 0) is 0 Å². The minimum atomic E-state index is 0.306. The van der Waals surface area contributed by atoms with Crippen molar-refractivity contribution in [1.82, 2.24) is 5.32 Å². The van der Waals surface area contributed by atoms with Crippen LogP contribution >= 0.6 is 0 Å². The van der Waals surface area contributed by atoms with E-state index in [4.69, 9.17) is 4.74 Å². The van der Waals surface area contributed by atoms with Crippen LogP contribution in [0.5, 0.6) is 5.75 Å². The maximum absolute atomic E-state index is 5.73. The Morgan fingerprint density at radius 3 is 2.81 bits per heavy atom. The molecule has 2 heteroatoms. The molecular weight excluding hydrogens is 198 g/mol. The van der Waals surface area contributed by atoms with Crippen molar-refractivity contribution < 1.29 is 4.74 Å². The zero-order valence-electron chi connectivity index (χ0n) is 10.6. The number of nitrogens with one attached hydrogen (secondary N) is 1. The normalized spacial score (nSPS) is 13.0. The van der Waals surface area contributed by atoms with Crippen molar-refractivity contribution in [3.05, 3.63) is 41.5 Å². The van der Waals surface area contributed by atoms with Gasteiger partial charge in [0.25, 0.3) is 0 Å². The van der Waals surface area contributed by atoms with Crippen LogP contribution in [0.25, 0.3) is 0 Å². The predicted molar refractivity (Wildman–Crippen MR) is 69.0 cm³/mol. The first-order chi connectivity index (χ1) is 7.69. The number of allylic oxidation sites excluding steroid dienone is 1. The Labute approximate surface area is 98.3 Å². The van der Waals surface area contributed by atoms with Gasteiger partial charge in [0, 0.05) is 11.6 Å². The highest BCUT2D eigenvalue weighted by molar-refractivity contribution is 5.39. The Morgan fingerprint density at radius 2 is 2.19 bits per heavy atom. The molecule has 0 saturated heterocycles. The van der Waals surface area contributed by atoms with Crippen LogP contribution in [0.2, 0.25) is 0 Å². The maximum atomic E-state index is 5.73. The van der Waals surface area contributed by atoms with Crippen molar-refractivity contribution in [2.75, 3.05) is 13.7 Å². The summed E-state index contributed by atoms with van der Waals surface area (Å²) in [6, 6.07) is 6.60. The van der Waals surface area contributed by atoms with Gasteiger partial charge in [-0.05, 0) is 33.9 Å². The first-order valence-electron chi connectivity index (χ1n) is 5.70. The summed E-state index contributed by atoms with van der Waals surface area (Å²) in [6.07, 6.45) is 4.00. The molecule has 16 heavy (non-hydrogen) atoms. The third-order valence-corrected chi connectivity index (χ3v) is 2.64. The van der Waals surface area contributed by atoms with Gasteiger partial charge in [-0.25, -0.2) is 0 Å². The first-order valence-corrected chi connectivity index (χ1v) is 5.70. The van der Waals surface area contributed by atoms with Crippen molar-refractivity contribution in [2.24, 2.45) is 0 Å². The molecule has 0 aromatic heterocycles. The van der Waals surface area contributed by atoms with Gasteiger partial charge in [0.1, 0.15) is 12.4 Å². The lowest BCUT2D eigenvalue weighted by Gasteiger charge is -2.16. The summed E-state index contributed by atoms with van der Waals surface area (Å²) in [5.74, 6) is 0.963. The fraction of sp³-hybridized carbons (Fsp3) is 0.429. The van der Waals surface area contributed by atoms with E-state index in [2.05, 4.69) is 31.3 Å². The number of hydrogen-bond donors (Lipinski definition) is 1. The predicted octanol–water partition coefficient (Wildman–Crippen LogP) is 3.23.